The molecule has 2 aliphatic heterocycles. The summed E-state index contributed by atoms with van der Waals surface area (Å²) in [7, 11) is 0. The molecule has 6 N–H and O–H groups in total. The maximum Gasteiger partial charge on any atom is 0.252 e. The van der Waals surface area contributed by atoms with Gasteiger partial charge in [0.15, 0.2) is 17.3 Å². The molecule has 3 aromatic carbocycles. The molecule has 10 heteroatoms. The van der Waals surface area contributed by atoms with Crippen molar-refractivity contribution in [2.45, 2.75) is 26.8 Å². The van der Waals surface area contributed by atoms with Crippen LogP contribution in [0.25, 0.3) is 33.4 Å². The zero-order chi connectivity index (χ0) is 32.4. The fourth-order valence-electron chi connectivity index (χ4n) is 6.25. The fraction of sp³-hybridized carbons (Fsp3) is 0.222. The summed E-state index contributed by atoms with van der Waals surface area (Å²) in [5.41, 5.74) is 4.27. The monoisotopic (exact) mass is 616 g/mol. The van der Waals surface area contributed by atoms with Crippen LogP contribution in [0, 0.1) is 22.7 Å². The average Bonchev–Trinajstić information content (AvgIpc) is 3.02. The van der Waals surface area contributed by atoms with E-state index in [1.807, 2.05) is 41.3 Å². The van der Waals surface area contributed by atoms with E-state index in [2.05, 4.69) is 29.8 Å². The van der Waals surface area contributed by atoms with Crippen LogP contribution < -0.4 is 21.4 Å². The van der Waals surface area contributed by atoms with Crippen molar-refractivity contribution in [3.8, 4) is 28.2 Å². The summed E-state index contributed by atoms with van der Waals surface area (Å²) in [6, 6.07) is 24.0. The average molecular weight is 617 g/mol. The van der Waals surface area contributed by atoms with Crippen LogP contribution >= 0.6 is 0 Å². The number of likely N-dealkylation sites (tertiary alicyclic amines) is 1. The standard InChI is InChI=1S/C36H36N6O4/c1-21-15-22(2)20-42(19-21)36(38)41-35(37)40-24-9-7-23(8-10-24)18-39-34(45)28-6-4-3-5-27(28)33-29-13-11-25(43)16-31(29)46-32-17-26(44)12-14-30(32)33/h3-14,16-17,21-22,43H,15,18-20H2,1-2H3,(H,39,45)(H4,37,38,40,41). The van der Waals surface area contributed by atoms with E-state index in [0.29, 0.717) is 50.9 Å². The Morgan fingerprint density at radius 1 is 0.935 bits per heavy atom. The highest BCUT2D eigenvalue weighted by Gasteiger charge is 2.24. The van der Waals surface area contributed by atoms with E-state index in [4.69, 9.17) is 15.2 Å². The number of benzene rings is 4. The van der Waals surface area contributed by atoms with Gasteiger partial charge in [-0.25, -0.2) is 0 Å². The lowest BCUT2D eigenvalue weighted by atomic mass is 9.90. The van der Waals surface area contributed by atoms with Crippen LogP contribution in [0.2, 0.25) is 0 Å². The van der Waals surface area contributed by atoms with Crippen molar-refractivity contribution in [1.29, 1.82) is 10.8 Å². The second-order valence-corrected chi connectivity index (χ2v) is 12.1. The van der Waals surface area contributed by atoms with E-state index >= 15 is 0 Å². The molecule has 3 aliphatic rings. The lowest BCUT2D eigenvalue weighted by molar-refractivity contribution is 0.0951. The van der Waals surface area contributed by atoms with Crippen molar-refractivity contribution in [1.82, 2.24) is 15.5 Å². The van der Waals surface area contributed by atoms with Gasteiger partial charge in [-0.05, 0) is 71.8 Å². The van der Waals surface area contributed by atoms with Gasteiger partial charge in [-0.1, -0.05) is 44.2 Å². The van der Waals surface area contributed by atoms with Crippen molar-refractivity contribution < 1.29 is 14.3 Å². The smallest absolute Gasteiger partial charge is 0.252 e. The van der Waals surface area contributed by atoms with Gasteiger partial charge in [0.05, 0.1) is 0 Å². The summed E-state index contributed by atoms with van der Waals surface area (Å²) in [5, 5.41) is 36.3. The number of fused-ring (bicyclic) bond motifs is 2. The number of phenolic OH excluding ortho intramolecular Hbond substituents is 1. The van der Waals surface area contributed by atoms with E-state index in [0.717, 1.165) is 30.6 Å². The number of anilines is 1. The second kappa shape index (κ2) is 12.8. The van der Waals surface area contributed by atoms with E-state index in [1.165, 1.54) is 18.2 Å². The maximum atomic E-state index is 13.6. The number of hydrogen-bond donors (Lipinski definition) is 6. The highest BCUT2D eigenvalue weighted by molar-refractivity contribution is 6.09. The van der Waals surface area contributed by atoms with Gasteiger partial charge in [0.2, 0.25) is 0 Å². The fourth-order valence-corrected chi connectivity index (χ4v) is 6.25. The van der Waals surface area contributed by atoms with Crippen LogP contribution in [-0.2, 0) is 6.54 Å². The van der Waals surface area contributed by atoms with Crippen molar-refractivity contribution in [2.75, 3.05) is 18.4 Å². The molecule has 10 nitrogen and oxygen atoms in total. The first kappa shape index (κ1) is 30.4. The van der Waals surface area contributed by atoms with Gasteiger partial charge in [-0.2, -0.15) is 0 Å². The number of nitrogens with one attached hydrogen (secondary N) is 5. The topological polar surface area (TPSA) is 155 Å². The molecule has 0 spiro atoms. The van der Waals surface area contributed by atoms with Crippen LogP contribution in [0.5, 0.6) is 5.75 Å². The van der Waals surface area contributed by atoms with Gasteiger partial charge in [0.1, 0.15) is 17.1 Å². The highest BCUT2D eigenvalue weighted by Crippen LogP contribution is 2.41. The van der Waals surface area contributed by atoms with Gasteiger partial charge < -0.3 is 25.1 Å². The molecule has 234 valence electrons. The predicted octanol–water partition coefficient (Wildman–Crippen LogP) is 6.05. The summed E-state index contributed by atoms with van der Waals surface area (Å²) < 4.78 is 5.97. The molecule has 1 fully saturated rings. The molecule has 2 atom stereocenters. The Balaban J connectivity index is 1.15. The first-order valence-electron chi connectivity index (χ1n) is 15.3. The molecule has 2 heterocycles. The Morgan fingerprint density at radius 3 is 2.43 bits per heavy atom. The first-order valence-corrected chi connectivity index (χ1v) is 15.3. The van der Waals surface area contributed by atoms with E-state index < -0.39 is 0 Å². The summed E-state index contributed by atoms with van der Waals surface area (Å²) in [5.74, 6) is 1.37. The molecule has 0 saturated carbocycles. The number of aromatic hydroxyl groups is 1. The quantitative estimate of drug-likeness (QED) is 0.0798. The Bertz CT molecular complexity index is 1960. The van der Waals surface area contributed by atoms with Crippen molar-refractivity contribution >= 4 is 34.5 Å². The summed E-state index contributed by atoms with van der Waals surface area (Å²) in [4.78, 5) is 27.7. The van der Waals surface area contributed by atoms with Crippen LogP contribution in [-0.4, -0.2) is 40.9 Å². The lowest BCUT2D eigenvalue weighted by Crippen LogP contribution is -2.50. The van der Waals surface area contributed by atoms with Gasteiger partial charge in [0.25, 0.3) is 5.91 Å². The zero-order valence-corrected chi connectivity index (χ0v) is 25.7. The predicted molar refractivity (Wildman–Crippen MR) is 181 cm³/mol. The third-order valence-corrected chi connectivity index (χ3v) is 8.22. The van der Waals surface area contributed by atoms with Gasteiger partial charge in [-0.15, -0.1) is 0 Å². The molecular formula is C36H36N6O4. The van der Waals surface area contributed by atoms with Gasteiger partial charge in [0, 0.05) is 59.5 Å². The first-order chi connectivity index (χ1) is 22.1. The van der Waals surface area contributed by atoms with Gasteiger partial charge in [-0.3, -0.25) is 25.7 Å². The maximum absolute atomic E-state index is 13.6. The summed E-state index contributed by atoms with van der Waals surface area (Å²) in [6.07, 6.45) is 1.15. The van der Waals surface area contributed by atoms with Crippen molar-refractivity contribution in [3.63, 3.8) is 0 Å². The summed E-state index contributed by atoms with van der Waals surface area (Å²) >= 11 is 0. The summed E-state index contributed by atoms with van der Waals surface area (Å²) in [6.45, 7) is 6.25. The second-order valence-electron chi connectivity index (χ2n) is 12.1. The van der Waals surface area contributed by atoms with E-state index in [9.17, 15) is 14.7 Å². The molecule has 0 radical (unpaired) electrons. The molecule has 1 amide bonds. The number of piperidine rings is 1. The normalized spacial score (nSPS) is 16.3. The molecule has 0 aromatic heterocycles. The molecule has 2 unspecified atom stereocenters. The number of rotatable bonds is 5. The largest absolute Gasteiger partial charge is 0.508 e. The van der Waals surface area contributed by atoms with Crippen LogP contribution in [0.1, 0.15) is 36.2 Å². The Hall–Kier alpha value is -5.64. The minimum absolute atomic E-state index is 0.0176. The highest BCUT2D eigenvalue weighted by atomic mass is 16.3. The molecule has 6 rings (SSSR count). The number of amides is 1. The third-order valence-electron chi connectivity index (χ3n) is 8.22. The van der Waals surface area contributed by atoms with Crippen molar-refractivity contribution in [2.24, 2.45) is 11.8 Å². The Morgan fingerprint density at radius 2 is 1.67 bits per heavy atom. The third kappa shape index (κ3) is 6.56. The number of carbonyl (C=O) groups is 1. The van der Waals surface area contributed by atoms with E-state index in [1.54, 1.807) is 30.3 Å². The SMILES string of the molecule is CC1CC(C)CN(C(=N)NC(=N)Nc2ccc(CNC(=O)c3ccccc3-c3c4ccc(=O)cc-4oc4cc(O)ccc34)cc2)C1. The molecule has 1 saturated heterocycles. The van der Waals surface area contributed by atoms with Gasteiger partial charge >= 0.3 is 0 Å². The molecule has 3 aromatic rings. The lowest BCUT2D eigenvalue weighted by Gasteiger charge is -2.36. The van der Waals surface area contributed by atoms with Crippen molar-refractivity contribution in [3.05, 3.63) is 106 Å². The molecule has 0 bridgehead atoms. The minimum atomic E-state index is -0.273. The zero-order valence-electron chi connectivity index (χ0n) is 25.7. The Kier molecular flexibility index (Phi) is 8.43. The number of guanidine groups is 2. The van der Waals surface area contributed by atoms with Crippen LogP contribution in [0.4, 0.5) is 5.69 Å². The molecule has 1 aliphatic carbocycles. The number of carbonyl (C=O) groups excluding carboxylic acids is 1. The Labute approximate surface area is 266 Å². The van der Waals surface area contributed by atoms with E-state index in [-0.39, 0.29) is 35.5 Å². The van der Waals surface area contributed by atoms with Crippen LogP contribution in [0.15, 0.2) is 94.1 Å². The number of phenols is 1. The van der Waals surface area contributed by atoms with Crippen LogP contribution in [0.3, 0.4) is 0 Å². The number of nitrogens with zero attached hydrogens (tertiary/aromatic N) is 1. The molecular weight excluding hydrogens is 580 g/mol. The minimum Gasteiger partial charge on any atom is -0.508 e. The molecule has 46 heavy (non-hydrogen) atoms. The number of hydrogen-bond acceptors (Lipinski definition) is 6.